The van der Waals surface area contributed by atoms with Crippen molar-refractivity contribution < 1.29 is 14.3 Å². The molecule has 17 heavy (non-hydrogen) atoms. The summed E-state index contributed by atoms with van der Waals surface area (Å²) >= 11 is 0. The van der Waals surface area contributed by atoms with Gasteiger partial charge in [-0.2, -0.15) is 0 Å². The molecule has 4 nitrogen and oxygen atoms in total. The number of rotatable bonds is 4. The quantitative estimate of drug-likeness (QED) is 0.752. The third-order valence-electron chi connectivity index (χ3n) is 2.85. The highest BCUT2D eigenvalue weighted by atomic mass is 19.1. The lowest BCUT2D eigenvalue weighted by Crippen LogP contribution is -2.52. The highest BCUT2D eigenvalue weighted by Crippen LogP contribution is 2.22. The molecule has 0 aliphatic rings. The molecule has 0 unspecified atom stereocenters. The first-order chi connectivity index (χ1) is 8.07. The first-order valence-electron chi connectivity index (χ1n) is 5.20. The smallest absolute Gasteiger partial charge is 0.326 e. The van der Waals surface area contributed by atoms with Crippen molar-refractivity contribution in [1.82, 2.24) is 4.98 Å². The number of aromatic nitrogens is 1. The molecular formula is C12H13FN2O2. The second-order valence-corrected chi connectivity index (χ2v) is 4.13. The van der Waals surface area contributed by atoms with Crippen molar-refractivity contribution in [2.24, 2.45) is 5.73 Å². The number of carboxylic acid groups (broad SMARTS) is 1. The van der Waals surface area contributed by atoms with Crippen LogP contribution in [0.15, 0.2) is 30.5 Å². The number of nitrogens with one attached hydrogen (secondary N) is 1. The fourth-order valence-corrected chi connectivity index (χ4v) is 1.80. The normalized spacial score (nSPS) is 14.7. The molecule has 2 aromatic rings. The van der Waals surface area contributed by atoms with Crippen LogP contribution < -0.4 is 5.73 Å². The molecule has 1 atom stereocenters. The lowest BCUT2D eigenvalue weighted by molar-refractivity contribution is -0.143. The van der Waals surface area contributed by atoms with E-state index in [0.717, 1.165) is 10.9 Å². The minimum absolute atomic E-state index is 0.0388. The summed E-state index contributed by atoms with van der Waals surface area (Å²) in [7, 11) is 0. The van der Waals surface area contributed by atoms with Crippen LogP contribution >= 0.6 is 0 Å². The van der Waals surface area contributed by atoms with Gasteiger partial charge in [0.15, 0.2) is 0 Å². The van der Waals surface area contributed by atoms with Crippen LogP contribution in [0.5, 0.6) is 0 Å². The van der Waals surface area contributed by atoms with Crippen molar-refractivity contribution in [1.29, 1.82) is 0 Å². The number of fused-ring (bicyclic) bond motifs is 1. The van der Waals surface area contributed by atoms with Crippen molar-refractivity contribution >= 4 is 16.9 Å². The summed E-state index contributed by atoms with van der Waals surface area (Å²) in [5.74, 6) is -1.33. The van der Waals surface area contributed by atoms with Gasteiger partial charge in [0, 0.05) is 23.5 Å². The molecule has 0 saturated heterocycles. The zero-order valence-electron chi connectivity index (χ0n) is 9.11. The van der Waals surface area contributed by atoms with E-state index >= 15 is 0 Å². The van der Waals surface area contributed by atoms with Gasteiger partial charge in [0.25, 0.3) is 0 Å². The Morgan fingerprint density at radius 2 is 2.18 bits per heavy atom. The Hall–Kier alpha value is -1.88. The fraction of sp³-hybridized carbons (Fsp3) is 0.250. The number of aliphatic carboxylic acids is 1. The number of nitrogens with two attached hydrogens (primary N) is 1. The van der Waals surface area contributed by atoms with E-state index in [4.69, 9.17) is 10.8 Å². The number of hydrogen-bond acceptors (Lipinski definition) is 2. The van der Waals surface area contributed by atoms with Gasteiger partial charge in [-0.25, -0.2) is 4.39 Å². The third kappa shape index (κ3) is 2.01. The number of benzene rings is 1. The number of hydrogen-bond donors (Lipinski definition) is 3. The second kappa shape index (κ2) is 4.18. The molecule has 5 heteroatoms. The van der Waals surface area contributed by atoms with Gasteiger partial charge in [-0.1, -0.05) is 18.2 Å². The molecule has 0 spiro atoms. The zero-order chi connectivity index (χ0) is 12.5. The zero-order valence-corrected chi connectivity index (χ0v) is 9.11. The number of H-pyrrole nitrogens is 1. The largest absolute Gasteiger partial charge is 0.480 e. The maximum absolute atomic E-state index is 12.8. The maximum atomic E-state index is 12.8. The number of carbonyl (C=O) groups is 1. The van der Waals surface area contributed by atoms with Gasteiger partial charge in [-0.05, 0) is 11.6 Å². The second-order valence-electron chi connectivity index (χ2n) is 4.13. The van der Waals surface area contributed by atoms with Gasteiger partial charge < -0.3 is 15.8 Å². The van der Waals surface area contributed by atoms with Gasteiger partial charge in [-0.15, -0.1) is 0 Å². The number of para-hydroxylation sites is 1. The molecule has 4 N–H and O–H groups in total. The summed E-state index contributed by atoms with van der Waals surface area (Å²) in [4.78, 5) is 13.9. The monoisotopic (exact) mass is 236 g/mol. The fourth-order valence-electron chi connectivity index (χ4n) is 1.80. The van der Waals surface area contributed by atoms with Gasteiger partial charge >= 0.3 is 5.97 Å². The Labute approximate surface area is 97.2 Å². The van der Waals surface area contributed by atoms with Crippen LogP contribution in [-0.2, 0) is 11.2 Å². The van der Waals surface area contributed by atoms with Crippen molar-refractivity contribution in [2.45, 2.75) is 12.0 Å². The standard InChI is InChI=1S/C12H13FN2O2/c13-7-12(14,11(16)17)5-8-6-15-10-4-2-1-3-9(8)10/h1-4,6,15H,5,7,14H2,(H,16,17)/t12-/m0/s1. The van der Waals surface area contributed by atoms with E-state index in [1.807, 2.05) is 24.3 Å². The highest BCUT2D eigenvalue weighted by molar-refractivity contribution is 5.85. The molecule has 0 bridgehead atoms. The number of alkyl halides is 1. The van der Waals surface area contributed by atoms with E-state index in [0.29, 0.717) is 5.56 Å². The molecule has 0 aliphatic carbocycles. The summed E-state index contributed by atoms with van der Waals surface area (Å²) in [6, 6.07) is 7.42. The lowest BCUT2D eigenvalue weighted by Gasteiger charge is -2.20. The van der Waals surface area contributed by atoms with Crippen LogP contribution in [0.2, 0.25) is 0 Å². The minimum Gasteiger partial charge on any atom is -0.480 e. The van der Waals surface area contributed by atoms with E-state index in [-0.39, 0.29) is 6.42 Å². The third-order valence-corrected chi connectivity index (χ3v) is 2.85. The predicted molar refractivity (Wildman–Crippen MR) is 62.5 cm³/mol. The molecule has 0 radical (unpaired) electrons. The van der Waals surface area contributed by atoms with E-state index in [1.54, 1.807) is 6.20 Å². The number of carboxylic acids is 1. The van der Waals surface area contributed by atoms with E-state index in [1.165, 1.54) is 0 Å². The summed E-state index contributed by atoms with van der Waals surface area (Å²) in [5, 5.41) is 9.80. The van der Waals surface area contributed by atoms with Gasteiger partial charge in [0.05, 0.1) is 0 Å². The lowest BCUT2D eigenvalue weighted by atomic mass is 9.93. The maximum Gasteiger partial charge on any atom is 0.326 e. The van der Waals surface area contributed by atoms with Gasteiger partial charge in [-0.3, -0.25) is 4.79 Å². The molecule has 1 aromatic carbocycles. The minimum atomic E-state index is -1.86. The molecular weight excluding hydrogens is 223 g/mol. The summed E-state index contributed by atoms with van der Waals surface area (Å²) in [6.45, 7) is -1.10. The Bertz CT molecular complexity index is 552. The first-order valence-corrected chi connectivity index (χ1v) is 5.20. The molecule has 1 aromatic heterocycles. The van der Waals surface area contributed by atoms with Crippen LogP contribution in [0.4, 0.5) is 4.39 Å². The molecule has 0 amide bonds. The Morgan fingerprint density at radius 1 is 1.47 bits per heavy atom. The molecule has 90 valence electrons. The van der Waals surface area contributed by atoms with Crippen molar-refractivity contribution in [3.8, 4) is 0 Å². The van der Waals surface area contributed by atoms with Crippen molar-refractivity contribution in [2.75, 3.05) is 6.67 Å². The van der Waals surface area contributed by atoms with Gasteiger partial charge in [0.1, 0.15) is 12.2 Å². The number of halogens is 1. The SMILES string of the molecule is N[C@](CF)(Cc1c[nH]c2ccccc12)C(=O)O. The van der Waals surface area contributed by atoms with E-state index < -0.39 is 18.2 Å². The van der Waals surface area contributed by atoms with Crippen LogP contribution in [-0.4, -0.2) is 28.3 Å². The summed E-state index contributed by atoms with van der Waals surface area (Å²) < 4.78 is 12.8. The molecule has 1 heterocycles. The summed E-state index contributed by atoms with van der Waals surface area (Å²) in [6.07, 6.45) is 1.63. The molecule has 0 aliphatic heterocycles. The van der Waals surface area contributed by atoms with Crippen LogP contribution in [0, 0.1) is 0 Å². The first kappa shape index (κ1) is 11.6. The Kier molecular flexibility index (Phi) is 2.85. The van der Waals surface area contributed by atoms with Crippen LogP contribution in [0.1, 0.15) is 5.56 Å². The average molecular weight is 236 g/mol. The number of aromatic amines is 1. The molecule has 0 saturated carbocycles. The summed E-state index contributed by atoms with van der Waals surface area (Å²) in [5.41, 5.74) is 5.27. The van der Waals surface area contributed by atoms with Crippen LogP contribution in [0.3, 0.4) is 0 Å². The Balaban J connectivity index is 2.38. The van der Waals surface area contributed by atoms with Gasteiger partial charge in [0.2, 0.25) is 0 Å². The predicted octanol–water partition coefficient (Wildman–Crippen LogP) is 1.46. The molecule has 0 fully saturated rings. The van der Waals surface area contributed by atoms with E-state index in [9.17, 15) is 9.18 Å². The van der Waals surface area contributed by atoms with Crippen molar-refractivity contribution in [3.63, 3.8) is 0 Å². The highest BCUT2D eigenvalue weighted by Gasteiger charge is 2.35. The Morgan fingerprint density at radius 3 is 2.82 bits per heavy atom. The van der Waals surface area contributed by atoms with Crippen LogP contribution in [0.25, 0.3) is 10.9 Å². The average Bonchev–Trinajstić information content (AvgIpc) is 2.72. The molecule has 2 rings (SSSR count). The topological polar surface area (TPSA) is 79.1 Å². The van der Waals surface area contributed by atoms with Crippen molar-refractivity contribution in [3.05, 3.63) is 36.0 Å². The van der Waals surface area contributed by atoms with E-state index in [2.05, 4.69) is 4.98 Å².